The van der Waals surface area contributed by atoms with Crippen molar-refractivity contribution in [2.75, 3.05) is 0 Å². The molecule has 0 spiro atoms. The van der Waals surface area contributed by atoms with E-state index in [9.17, 15) is 9.90 Å². The van der Waals surface area contributed by atoms with Gasteiger partial charge < -0.3 is 9.52 Å². The van der Waals surface area contributed by atoms with Gasteiger partial charge in [-0.05, 0) is 30.9 Å². The third-order valence-corrected chi connectivity index (χ3v) is 3.10. The van der Waals surface area contributed by atoms with Crippen LogP contribution < -0.4 is 0 Å². The van der Waals surface area contributed by atoms with E-state index in [4.69, 9.17) is 4.42 Å². The highest BCUT2D eigenvalue weighted by Gasteiger charge is 2.21. The van der Waals surface area contributed by atoms with Gasteiger partial charge in [-0.2, -0.15) is 0 Å². The lowest BCUT2D eigenvalue weighted by Gasteiger charge is -2.08. The molecule has 0 aliphatic carbocycles. The lowest BCUT2D eigenvalue weighted by atomic mass is 9.97. The Balaban J connectivity index is 2.54. The summed E-state index contributed by atoms with van der Waals surface area (Å²) in [5.74, 6) is 0.233. The molecule has 0 radical (unpaired) electrons. The van der Waals surface area contributed by atoms with Crippen LogP contribution in [0.2, 0.25) is 0 Å². The van der Waals surface area contributed by atoms with Crippen molar-refractivity contribution in [1.82, 2.24) is 10.2 Å². The SMILES string of the molecule is Cc1ccc(C)c(-c2nnc(CC(C)C)o2)c1C(=O)O. The molecule has 0 fully saturated rings. The van der Waals surface area contributed by atoms with E-state index in [1.54, 1.807) is 13.0 Å². The summed E-state index contributed by atoms with van der Waals surface area (Å²) >= 11 is 0. The van der Waals surface area contributed by atoms with E-state index in [0.29, 0.717) is 29.4 Å². The second-order valence-electron chi connectivity index (χ2n) is 5.35. The summed E-state index contributed by atoms with van der Waals surface area (Å²) in [6.45, 7) is 7.72. The lowest BCUT2D eigenvalue weighted by molar-refractivity contribution is 0.0696. The van der Waals surface area contributed by atoms with Crippen molar-refractivity contribution >= 4 is 5.97 Å². The molecule has 0 saturated heterocycles. The number of rotatable bonds is 4. The minimum absolute atomic E-state index is 0.227. The molecule has 2 aromatic rings. The number of benzene rings is 1. The predicted octanol–water partition coefficient (Wildman–Crippen LogP) is 3.25. The molecule has 1 aromatic carbocycles. The van der Waals surface area contributed by atoms with Crippen molar-refractivity contribution in [1.29, 1.82) is 0 Å². The van der Waals surface area contributed by atoms with E-state index >= 15 is 0 Å². The zero-order valence-electron chi connectivity index (χ0n) is 12.1. The number of hydrogen-bond acceptors (Lipinski definition) is 4. The van der Waals surface area contributed by atoms with Gasteiger partial charge >= 0.3 is 5.97 Å². The predicted molar refractivity (Wildman–Crippen MR) is 74.7 cm³/mol. The van der Waals surface area contributed by atoms with Crippen LogP contribution in [0.25, 0.3) is 11.5 Å². The van der Waals surface area contributed by atoms with Gasteiger partial charge in [-0.1, -0.05) is 26.0 Å². The minimum Gasteiger partial charge on any atom is -0.478 e. The lowest BCUT2D eigenvalue weighted by Crippen LogP contribution is -2.04. The van der Waals surface area contributed by atoms with Crippen molar-refractivity contribution in [2.45, 2.75) is 34.1 Å². The summed E-state index contributed by atoms with van der Waals surface area (Å²) in [5, 5.41) is 17.4. The molecule has 1 aromatic heterocycles. The second-order valence-corrected chi connectivity index (χ2v) is 5.35. The zero-order chi connectivity index (χ0) is 14.9. The van der Waals surface area contributed by atoms with Gasteiger partial charge in [-0.15, -0.1) is 10.2 Å². The Hall–Kier alpha value is -2.17. The largest absolute Gasteiger partial charge is 0.478 e. The van der Waals surface area contributed by atoms with Gasteiger partial charge in [0.2, 0.25) is 11.8 Å². The van der Waals surface area contributed by atoms with Gasteiger partial charge in [0.15, 0.2) is 0 Å². The molecule has 0 aliphatic rings. The van der Waals surface area contributed by atoms with Crippen LogP contribution in [0.15, 0.2) is 16.5 Å². The topological polar surface area (TPSA) is 76.2 Å². The molecule has 5 heteroatoms. The second kappa shape index (κ2) is 5.45. The summed E-state index contributed by atoms with van der Waals surface area (Å²) in [6, 6.07) is 3.65. The maximum absolute atomic E-state index is 11.5. The first kappa shape index (κ1) is 14.2. The first-order valence-electron chi connectivity index (χ1n) is 6.56. The molecular formula is C15H18N2O3. The molecule has 0 atom stereocenters. The van der Waals surface area contributed by atoms with Crippen molar-refractivity contribution < 1.29 is 14.3 Å². The molecule has 1 N–H and O–H groups in total. The van der Waals surface area contributed by atoms with Crippen LogP contribution in [0.1, 0.15) is 41.2 Å². The van der Waals surface area contributed by atoms with Gasteiger partial charge in [-0.3, -0.25) is 0 Å². The average Bonchev–Trinajstić information content (AvgIpc) is 2.78. The Kier molecular flexibility index (Phi) is 3.88. The van der Waals surface area contributed by atoms with Crippen LogP contribution in [0, 0.1) is 19.8 Å². The van der Waals surface area contributed by atoms with Gasteiger partial charge in [0, 0.05) is 6.42 Å². The molecule has 1 heterocycles. The molecule has 5 nitrogen and oxygen atoms in total. The quantitative estimate of drug-likeness (QED) is 0.926. The highest BCUT2D eigenvalue weighted by Crippen LogP contribution is 2.29. The molecule has 0 unspecified atom stereocenters. The maximum Gasteiger partial charge on any atom is 0.336 e. The van der Waals surface area contributed by atoms with Gasteiger partial charge in [0.25, 0.3) is 0 Å². The van der Waals surface area contributed by atoms with Crippen LogP contribution in [-0.2, 0) is 6.42 Å². The van der Waals surface area contributed by atoms with Crippen molar-refractivity contribution in [2.24, 2.45) is 5.92 Å². The number of carboxylic acid groups (broad SMARTS) is 1. The van der Waals surface area contributed by atoms with E-state index in [-0.39, 0.29) is 11.5 Å². The summed E-state index contributed by atoms with van der Waals surface area (Å²) in [4.78, 5) is 11.5. The van der Waals surface area contributed by atoms with Crippen LogP contribution in [-0.4, -0.2) is 21.3 Å². The Labute approximate surface area is 117 Å². The van der Waals surface area contributed by atoms with Gasteiger partial charge in [0.1, 0.15) is 0 Å². The first-order valence-corrected chi connectivity index (χ1v) is 6.56. The summed E-state index contributed by atoms with van der Waals surface area (Å²) in [6.07, 6.45) is 0.681. The molecule has 0 amide bonds. The fourth-order valence-corrected chi connectivity index (χ4v) is 2.15. The fourth-order valence-electron chi connectivity index (χ4n) is 2.15. The Morgan fingerprint density at radius 3 is 2.50 bits per heavy atom. The molecule has 2 rings (SSSR count). The van der Waals surface area contributed by atoms with Gasteiger partial charge in [0.05, 0.1) is 11.1 Å². The third kappa shape index (κ3) is 2.71. The third-order valence-electron chi connectivity index (χ3n) is 3.10. The molecule has 0 bridgehead atoms. The Bertz CT molecular complexity index is 645. The Morgan fingerprint density at radius 1 is 1.25 bits per heavy atom. The number of carbonyl (C=O) groups is 1. The van der Waals surface area contributed by atoms with Crippen LogP contribution in [0.5, 0.6) is 0 Å². The van der Waals surface area contributed by atoms with Crippen molar-refractivity contribution in [3.8, 4) is 11.5 Å². The maximum atomic E-state index is 11.5. The number of hydrogen-bond donors (Lipinski definition) is 1. The number of aryl methyl sites for hydroxylation is 2. The van der Waals surface area contributed by atoms with Crippen LogP contribution in [0.4, 0.5) is 0 Å². The minimum atomic E-state index is -0.982. The summed E-state index contributed by atoms with van der Waals surface area (Å²) in [5.41, 5.74) is 2.24. The monoisotopic (exact) mass is 274 g/mol. The van der Waals surface area contributed by atoms with Gasteiger partial charge in [-0.25, -0.2) is 4.79 Å². The summed E-state index contributed by atoms with van der Waals surface area (Å²) in [7, 11) is 0. The molecule has 106 valence electrons. The Morgan fingerprint density at radius 2 is 1.90 bits per heavy atom. The van der Waals surface area contributed by atoms with E-state index in [1.807, 2.05) is 13.0 Å². The molecule has 20 heavy (non-hydrogen) atoms. The zero-order valence-corrected chi connectivity index (χ0v) is 12.1. The smallest absolute Gasteiger partial charge is 0.336 e. The highest BCUT2D eigenvalue weighted by atomic mass is 16.4. The number of nitrogens with zero attached hydrogens (tertiary/aromatic N) is 2. The van der Waals surface area contributed by atoms with E-state index in [1.165, 1.54) is 0 Å². The number of carboxylic acids is 1. The summed E-state index contributed by atoms with van der Waals surface area (Å²) < 4.78 is 5.62. The van der Waals surface area contributed by atoms with Crippen molar-refractivity contribution in [3.05, 3.63) is 34.7 Å². The first-order chi connectivity index (χ1) is 9.40. The van der Waals surface area contributed by atoms with Crippen LogP contribution >= 0.6 is 0 Å². The normalized spacial score (nSPS) is 11.1. The standard InChI is InChI=1S/C15H18N2O3/c1-8(2)7-11-16-17-14(20-11)12-9(3)5-6-10(4)13(12)15(18)19/h5-6,8H,7H2,1-4H3,(H,18,19). The molecular weight excluding hydrogens is 256 g/mol. The van der Waals surface area contributed by atoms with E-state index in [2.05, 4.69) is 24.0 Å². The molecule has 0 aliphatic heterocycles. The number of aromatic carboxylic acids is 1. The average molecular weight is 274 g/mol. The fraction of sp³-hybridized carbons (Fsp3) is 0.400. The van der Waals surface area contributed by atoms with E-state index in [0.717, 1.165) is 5.56 Å². The van der Waals surface area contributed by atoms with Crippen LogP contribution in [0.3, 0.4) is 0 Å². The number of aromatic nitrogens is 2. The van der Waals surface area contributed by atoms with Crippen molar-refractivity contribution in [3.63, 3.8) is 0 Å². The molecule has 0 saturated carbocycles. The highest BCUT2D eigenvalue weighted by molar-refractivity contribution is 5.97. The van der Waals surface area contributed by atoms with E-state index < -0.39 is 5.97 Å².